The third kappa shape index (κ3) is 4.34. The Morgan fingerprint density at radius 3 is 2.41 bits per heavy atom. The van der Waals surface area contributed by atoms with Crippen molar-refractivity contribution in [2.75, 3.05) is 0 Å². The summed E-state index contributed by atoms with van der Waals surface area (Å²) in [6, 6.07) is 3.51. The van der Waals surface area contributed by atoms with Crippen LogP contribution in [-0.2, 0) is 14.9 Å². The molecule has 0 aromatic heterocycles. The first-order valence-electron chi connectivity index (χ1n) is 4.77. The van der Waals surface area contributed by atoms with Crippen LogP contribution in [0.1, 0.15) is 20.8 Å². The Balaban J connectivity index is 2.94. The van der Waals surface area contributed by atoms with Crippen LogP contribution in [0.2, 0.25) is 0 Å². The van der Waals surface area contributed by atoms with E-state index >= 15 is 0 Å². The van der Waals surface area contributed by atoms with E-state index in [1.54, 1.807) is 20.8 Å². The zero-order chi connectivity index (χ0) is 13.3. The molecule has 1 rings (SSSR count). The summed E-state index contributed by atoms with van der Waals surface area (Å²) >= 11 is 2.95. The van der Waals surface area contributed by atoms with Crippen LogP contribution in [0.3, 0.4) is 0 Å². The highest BCUT2D eigenvalue weighted by molar-refractivity contribution is 9.10. The lowest BCUT2D eigenvalue weighted by atomic mass is 10.2. The maximum Gasteiger partial charge on any atom is 0.262 e. The fourth-order valence-electron chi connectivity index (χ4n) is 0.872. The summed E-state index contributed by atoms with van der Waals surface area (Å²) in [6.07, 6.45) is 0. The van der Waals surface area contributed by atoms with Crippen LogP contribution in [0, 0.1) is 5.82 Å². The van der Waals surface area contributed by atoms with Crippen LogP contribution >= 0.6 is 15.9 Å². The Hall–Kier alpha value is -0.500. The molecule has 1 aromatic carbocycles. The molecule has 0 spiro atoms. The second-order valence-corrected chi connectivity index (χ2v) is 6.88. The Bertz CT molecular complexity index is 511. The van der Waals surface area contributed by atoms with Crippen LogP contribution < -0.4 is 4.89 Å². The van der Waals surface area contributed by atoms with Crippen molar-refractivity contribution in [2.45, 2.75) is 31.3 Å². The van der Waals surface area contributed by atoms with Crippen molar-refractivity contribution in [1.82, 2.24) is 4.89 Å². The highest BCUT2D eigenvalue weighted by atomic mass is 79.9. The Labute approximate surface area is 108 Å². The van der Waals surface area contributed by atoms with Crippen LogP contribution in [-0.4, -0.2) is 14.0 Å². The van der Waals surface area contributed by atoms with E-state index in [1.807, 2.05) is 4.89 Å². The fraction of sp³-hybridized carbons (Fsp3) is 0.400. The number of sulfonamides is 1. The molecule has 0 unspecified atom stereocenters. The largest absolute Gasteiger partial charge is 0.281 e. The molecule has 0 saturated heterocycles. The predicted molar refractivity (Wildman–Crippen MR) is 65.3 cm³/mol. The van der Waals surface area contributed by atoms with Crippen LogP contribution in [0.25, 0.3) is 0 Å². The molecule has 0 amide bonds. The molecule has 0 heterocycles. The smallest absolute Gasteiger partial charge is 0.262 e. The average molecular weight is 326 g/mol. The summed E-state index contributed by atoms with van der Waals surface area (Å²) < 4.78 is 36.9. The first kappa shape index (κ1) is 14.6. The number of hydrogen-bond donors (Lipinski definition) is 1. The van der Waals surface area contributed by atoms with E-state index in [1.165, 1.54) is 12.1 Å². The summed E-state index contributed by atoms with van der Waals surface area (Å²) in [5.41, 5.74) is -0.666. The second kappa shape index (κ2) is 5.01. The highest BCUT2D eigenvalue weighted by Crippen LogP contribution is 2.19. The first-order chi connectivity index (χ1) is 7.62. The maximum absolute atomic E-state index is 13.2. The third-order valence-corrected chi connectivity index (χ3v) is 3.48. The van der Waals surface area contributed by atoms with Crippen molar-refractivity contribution in [3.8, 4) is 0 Å². The maximum atomic E-state index is 13.2. The zero-order valence-electron chi connectivity index (χ0n) is 9.62. The Kier molecular flexibility index (Phi) is 4.29. The number of rotatable bonds is 3. The monoisotopic (exact) mass is 325 g/mol. The lowest BCUT2D eigenvalue weighted by Crippen LogP contribution is -2.33. The average Bonchev–Trinajstić information content (AvgIpc) is 2.18. The minimum atomic E-state index is -3.87. The van der Waals surface area contributed by atoms with Crippen LogP contribution in [0.15, 0.2) is 27.6 Å². The summed E-state index contributed by atoms with van der Waals surface area (Å²) in [4.78, 5) is 6.71. The van der Waals surface area contributed by atoms with Gasteiger partial charge in [0.1, 0.15) is 5.82 Å². The zero-order valence-corrected chi connectivity index (χ0v) is 12.0. The van der Waals surface area contributed by atoms with Crippen molar-refractivity contribution in [3.63, 3.8) is 0 Å². The molecule has 0 saturated carbocycles. The molecular formula is C10H13BrFNO3S. The van der Waals surface area contributed by atoms with Crippen LogP contribution in [0.4, 0.5) is 4.39 Å². The summed E-state index contributed by atoms with van der Waals surface area (Å²) in [6.45, 7) is 5.08. The highest BCUT2D eigenvalue weighted by Gasteiger charge is 2.20. The van der Waals surface area contributed by atoms with Gasteiger partial charge < -0.3 is 0 Å². The van der Waals surface area contributed by atoms with Gasteiger partial charge in [0.2, 0.25) is 0 Å². The van der Waals surface area contributed by atoms with Crippen molar-refractivity contribution < 1.29 is 17.6 Å². The van der Waals surface area contributed by atoms with Gasteiger partial charge in [0, 0.05) is 0 Å². The van der Waals surface area contributed by atoms with Gasteiger partial charge in [-0.15, -0.1) is 0 Å². The van der Waals surface area contributed by atoms with Gasteiger partial charge in [-0.3, -0.25) is 4.84 Å². The van der Waals surface area contributed by atoms with Crippen LogP contribution in [0.5, 0.6) is 0 Å². The van der Waals surface area contributed by atoms with Crippen molar-refractivity contribution >= 4 is 26.0 Å². The molecular weight excluding hydrogens is 313 g/mol. The van der Waals surface area contributed by atoms with Gasteiger partial charge in [0.05, 0.1) is 15.0 Å². The van der Waals surface area contributed by atoms with Crippen molar-refractivity contribution in [1.29, 1.82) is 0 Å². The van der Waals surface area contributed by atoms with Crippen molar-refractivity contribution in [2.24, 2.45) is 0 Å². The molecule has 1 N–H and O–H groups in total. The predicted octanol–water partition coefficient (Wildman–Crippen LogP) is 2.60. The number of benzene rings is 1. The molecule has 7 heteroatoms. The van der Waals surface area contributed by atoms with Gasteiger partial charge >= 0.3 is 0 Å². The van der Waals surface area contributed by atoms with Gasteiger partial charge in [-0.2, -0.15) is 0 Å². The van der Waals surface area contributed by atoms with E-state index in [0.717, 1.165) is 6.07 Å². The second-order valence-electron chi connectivity index (χ2n) is 4.38. The molecule has 0 bridgehead atoms. The van der Waals surface area contributed by atoms with Gasteiger partial charge in [0.15, 0.2) is 0 Å². The molecule has 0 aliphatic rings. The van der Waals surface area contributed by atoms with Gasteiger partial charge in [-0.1, -0.05) is 4.89 Å². The Morgan fingerprint density at radius 2 is 1.94 bits per heavy atom. The number of halogens is 2. The van der Waals surface area contributed by atoms with E-state index in [-0.39, 0.29) is 9.37 Å². The van der Waals surface area contributed by atoms with Gasteiger partial charge in [-0.25, -0.2) is 12.8 Å². The van der Waals surface area contributed by atoms with E-state index in [9.17, 15) is 12.8 Å². The fourth-order valence-corrected chi connectivity index (χ4v) is 2.08. The summed E-state index contributed by atoms with van der Waals surface area (Å²) in [7, 11) is -3.87. The molecule has 4 nitrogen and oxygen atoms in total. The van der Waals surface area contributed by atoms with E-state index in [4.69, 9.17) is 4.84 Å². The van der Waals surface area contributed by atoms with E-state index in [0.29, 0.717) is 0 Å². The summed E-state index contributed by atoms with van der Waals surface area (Å²) in [5, 5.41) is 0. The molecule has 0 atom stereocenters. The SMILES string of the molecule is CC(C)(C)ONS(=O)(=O)c1ccc(Br)c(F)c1. The molecule has 0 fully saturated rings. The molecule has 1 aromatic rings. The Morgan fingerprint density at radius 1 is 1.35 bits per heavy atom. The molecule has 0 aliphatic carbocycles. The topological polar surface area (TPSA) is 55.4 Å². The van der Waals surface area contributed by atoms with Crippen molar-refractivity contribution in [3.05, 3.63) is 28.5 Å². The number of nitrogens with one attached hydrogen (secondary N) is 1. The summed E-state index contributed by atoms with van der Waals surface area (Å²) in [5.74, 6) is -0.649. The lowest BCUT2D eigenvalue weighted by Gasteiger charge is -2.19. The first-order valence-corrected chi connectivity index (χ1v) is 7.04. The number of hydrogen-bond acceptors (Lipinski definition) is 3. The standard InChI is InChI=1S/C10H13BrFNO3S/c1-10(2,3)16-13-17(14,15)7-4-5-8(11)9(12)6-7/h4-6,13H,1-3H3. The molecule has 96 valence electrons. The lowest BCUT2D eigenvalue weighted by molar-refractivity contribution is -0.0357. The normalized spacial score (nSPS) is 12.8. The molecule has 0 radical (unpaired) electrons. The van der Waals surface area contributed by atoms with Gasteiger partial charge in [-0.05, 0) is 54.9 Å². The molecule has 0 aliphatic heterocycles. The quantitative estimate of drug-likeness (QED) is 0.869. The van der Waals surface area contributed by atoms with Gasteiger partial charge in [0.25, 0.3) is 10.0 Å². The van der Waals surface area contributed by atoms with E-state index < -0.39 is 21.4 Å². The minimum Gasteiger partial charge on any atom is -0.281 e. The molecule has 17 heavy (non-hydrogen) atoms. The third-order valence-electron chi connectivity index (χ3n) is 1.66. The minimum absolute atomic E-state index is 0.192. The van der Waals surface area contributed by atoms with E-state index in [2.05, 4.69) is 15.9 Å².